The molecular formula is C10H17N3O2. The molecule has 1 aliphatic heterocycles. The summed E-state index contributed by atoms with van der Waals surface area (Å²) in [5, 5.41) is 8.76. The predicted octanol–water partition coefficient (Wildman–Crippen LogP) is 0.704. The van der Waals surface area contributed by atoms with Gasteiger partial charge in [0.1, 0.15) is 5.60 Å². The maximum atomic E-state index is 11.6. The number of nitrogens with zero attached hydrogens (tertiary/aromatic N) is 2. The molecule has 2 atom stereocenters. The molecule has 1 aliphatic rings. The third-order valence-corrected chi connectivity index (χ3v) is 2.18. The molecule has 0 aliphatic carbocycles. The van der Waals surface area contributed by atoms with Gasteiger partial charge < -0.3 is 15.4 Å². The van der Waals surface area contributed by atoms with Gasteiger partial charge in [-0.2, -0.15) is 5.26 Å². The van der Waals surface area contributed by atoms with E-state index in [1.165, 1.54) is 4.90 Å². The van der Waals surface area contributed by atoms with E-state index in [4.69, 9.17) is 15.7 Å². The molecule has 0 bridgehead atoms. The fourth-order valence-electron chi connectivity index (χ4n) is 1.44. The number of rotatable bonds is 0. The van der Waals surface area contributed by atoms with Crippen LogP contribution in [-0.2, 0) is 4.74 Å². The van der Waals surface area contributed by atoms with Crippen molar-refractivity contribution in [3.05, 3.63) is 0 Å². The Kier molecular flexibility index (Phi) is 3.20. The highest BCUT2D eigenvalue weighted by atomic mass is 16.6. The van der Waals surface area contributed by atoms with Crippen molar-refractivity contribution < 1.29 is 9.53 Å². The van der Waals surface area contributed by atoms with Crippen molar-refractivity contribution in [3.63, 3.8) is 0 Å². The van der Waals surface area contributed by atoms with E-state index in [2.05, 4.69) is 6.07 Å². The summed E-state index contributed by atoms with van der Waals surface area (Å²) < 4.78 is 5.18. The summed E-state index contributed by atoms with van der Waals surface area (Å²) in [4.78, 5) is 13.1. The van der Waals surface area contributed by atoms with Gasteiger partial charge in [0.25, 0.3) is 0 Å². The third-order valence-electron chi connectivity index (χ3n) is 2.18. The van der Waals surface area contributed by atoms with Gasteiger partial charge in [0, 0.05) is 19.1 Å². The van der Waals surface area contributed by atoms with Crippen molar-refractivity contribution in [2.75, 3.05) is 13.1 Å². The van der Waals surface area contributed by atoms with E-state index >= 15 is 0 Å². The molecule has 1 heterocycles. The number of likely N-dealkylation sites (tertiary alicyclic amines) is 1. The van der Waals surface area contributed by atoms with Gasteiger partial charge in [-0.1, -0.05) is 0 Å². The van der Waals surface area contributed by atoms with Crippen LogP contribution in [0.4, 0.5) is 4.79 Å². The zero-order valence-electron chi connectivity index (χ0n) is 9.36. The van der Waals surface area contributed by atoms with E-state index in [-0.39, 0.29) is 12.0 Å². The Morgan fingerprint density at radius 2 is 2.13 bits per heavy atom. The maximum Gasteiger partial charge on any atom is 0.410 e. The minimum absolute atomic E-state index is 0.262. The third kappa shape index (κ3) is 3.10. The Balaban J connectivity index is 2.54. The number of carbonyl (C=O) groups is 1. The molecule has 0 aromatic carbocycles. The van der Waals surface area contributed by atoms with Gasteiger partial charge in [-0.05, 0) is 20.8 Å². The van der Waals surface area contributed by atoms with Crippen LogP contribution in [0, 0.1) is 17.2 Å². The monoisotopic (exact) mass is 211 g/mol. The summed E-state index contributed by atoms with van der Waals surface area (Å²) >= 11 is 0. The van der Waals surface area contributed by atoms with E-state index < -0.39 is 11.7 Å². The number of carbonyl (C=O) groups excluding carboxylic acids is 1. The number of nitrogens with two attached hydrogens (primary N) is 1. The fraction of sp³-hybridized carbons (Fsp3) is 0.800. The van der Waals surface area contributed by atoms with Crippen LogP contribution < -0.4 is 5.73 Å². The van der Waals surface area contributed by atoms with Crippen LogP contribution in [-0.4, -0.2) is 35.7 Å². The molecular weight excluding hydrogens is 194 g/mol. The molecule has 2 N–H and O–H groups in total. The normalized spacial score (nSPS) is 26.2. The first kappa shape index (κ1) is 11.8. The van der Waals surface area contributed by atoms with Gasteiger partial charge in [0.05, 0.1) is 12.0 Å². The van der Waals surface area contributed by atoms with Crippen LogP contribution in [0.15, 0.2) is 0 Å². The molecule has 0 aromatic rings. The lowest BCUT2D eigenvalue weighted by Crippen LogP contribution is -2.36. The molecule has 0 spiro atoms. The molecule has 1 amide bonds. The highest BCUT2D eigenvalue weighted by Gasteiger charge is 2.35. The van der Waals surface area contributed by atoms with Crippen LogP contribution in [0.5, 0.6) is 0 Å². The Morgan fingerprint density at radius 1 is 1.53 bits per heavy atom. The molecule has 1 fully saturated rings. The first-order valence-corrected chi connectivity index (χ1v) is 4.96. The zero-order valence-corrected chi connectivity index (χ0v) is 9.36. The lowest BCUT2D eigenvalue weighted by atomic mass is 10.1. The lowest BCUT2D eigenvalue weighted by Gasteiger charge is -2.24. The van der Waals surface area contributed by atoms with Crippen molar-refractivity contribution in [2.24, 2.45) is 11.7 Å². The Bertz CT molecular complexity index is 290. The second-order valence-corrected chi connectivity index (χ2v) is 4.78. The quantitative estimate of drug-likeness (QED) is 0.639. The standard InChI is InChI=1S/C10H17N3O2/c1-10(2,3)15-9(14)13-5-7(4-11)8(12)6-13/h7-8H,5-6,12H2,1-3H3/t7-,8+/m0/s1. The van der Waals surface area contributed by atoms with Crippen molar-refractivity contribution in [2.45, 2.75) is 32.4 Å². The average Bonchev–Trinajstić information content (AvgIpc) is 2.43. The molecule has 0 aromatic heterocycles. The van der Waals surface area contributed by atoms with E-state index in [9.17, 15) is 4.79 Å². The molecule has 0 unspecified atom stereocenters. The largest absolute Gasteiger partial charge is 0.444 e. The topological polar surface area (TPSA) is 79.3 Å². The lowest BCUT2D eigenvalue weighted by molar-refractivity contribution is 0.0289. The predicted molar refractivity (Wildman–Crippen MR) is 54.9 cm³/mol. The molecule has 15 heavy (non-hydrogen) atoms. The van der Waals surface area contributed by atoms with Gasteiger partial charge in [0.2, 0.25) is 0 Å². The van der Waals surface area contributed by atoms with E-state index in [1.54, 1.807) is 0 Å². The van der Waals surface area contributed by atoms with Gasteiger partial charge >= 0.3 is 6.09 Å². The summed E-state index contributed by atoms with van der Waals surface area (Å²) in [6, 6.07) is 1.83. The van der Waals surface area contributed by atoms with Gasteiger partial charge in [0.15, 0.2) is 0 Å². The number of hydrogen-bond donors (Lipinski definition) is 1. The summed E-state index contributed by atoms with van der Waals surface area (Å²) in [6.45, 7) is 6.19. The van der Waals surface area contributed by atoms with Gasteiger partial charge in [-0.15, -0.1) is 0 Å². The van der Waals surface area contributed by atoms with Crippen molar-refractivity contribution in [1.82, 2.24) is 4.90 Å². The van der Waals surface area contributed by atoms with E-state index in [0.29, 0.717) is 13.1 Å². The second-order valence-electron chi connectivity index (χ2n) is 4.78. The van der Waals surface area contributed by atoms with Crippen molar-refractivity contribution in [3.8, 4) is 6.07 Å². The van der Waals surface area contributed by atoms with Gasteiger partial charge in [-0.25, -0.2) is 4.79 Å². The number of ether oxygens (including phenoxy) is 1. The summed E-state index contributed by atoms with van der Waals surface area (Å²) in [5.74, 6) is -0.280. The average molecular weight is 211 g/mol. The fourth-order valence-corrected chi connectivity index (χ4v) is 1.44. The molecule has 1 rings (SSSR count). The Morgan fingerprint density at radius 3 is 2.53 bits per heavy atom. The Hall–Kier alpha value is -1.28. The molecule has 84 valence electrons. The van der Waals surface area contributed by atoms with Crippen LogP contribution in [0.3, 0.4) is 0 Å². The Labute approximate surface area is 89.8 Å². The molecule has 1 saturated heterocycles. The maximum absolute atomic E-state index is 11.6. The number of nitriles is 1. The molecule has 0 saturated carbocycles. The van der Waals surface area contributed by atoms with Crippen molar-refractivity contribution in [1.29, 1.82) is 5.26 Å². The minimum Gasteiger partial charge on any atom is -0.444 e. The van der Waals surface area contributed by atoms with Crippen molar-refractivity contribution >= 4 is 6.09 Å². The van der Waals surface area contributed by atoms with Crippen LogP contribution in [0.25, 0.3) is 0 Å². The summed E-state index contributed by atoms with van der Waals surface area (Å²) in [5.41, 5.74) is 5.20. The van der Waals surface area contributed by atoms with E-state index in [0.717, 1.165) is 0 Å². The van der Waals surface area contributed by atoms with Gasteiger partial charge in [-0.3, -0.25) is 0 Å². The van der Waals surface area contributed by atoms with Crippen LogP contribution >= 0.6 is 0 Å². The summed E-state index contributed by atoms with van der Waals surface area (Å²) in [6.07, 6.45) is -0.393. The highest BCUT2D eigenvalue weighted by Crippen LogP contribution is 2.18. The first-order valence-electron chi connectivity index (χ1n) is 4.96. The first-order chi connectivity index (χ1) is 6.83. The number of amides is 1. The molecule has 5 nitrogen and oxygen atoms in total. The molecule has 0 radical (unpaired) electrons. The van der Waals surface area contributed by atoms with Crippen LogP contribution in [0.2, 0.25) is 0 Å². The number of hydrogen-bond acceptors (Lipinski definition) is 4. The SMILES string of the molecule is CC(C)(C)OC(=O)N1C[C@@H](N)[C@@H](C#N)C1. The van der Waals surface area contributed by atoms with Crippen LogP contribution in [0.1, 0.15) is 20.8 Å². The minimum atomic E-state index is -0.508. The highest BCUT2D eigenvalue weighted by molar-refractivity contribution is 5.68. The second kappa shape index (κ2) is 4.07. The molecule has 5 heteroatoms. The van der Waals surface area contributed by atoms with E-state index in [1.807, 2.05) is 20.8 Å². The zero-order chi connectivity index (χ0) is 11.6. The summed E-state index contributed by atoms with van der Waals surface area (Å²) in [7, 11) is 0. The smallest absolute Gasteiger partial charge is 0.410 e.